The average Bonchev–Trinajstić information content (AvgIpc) is 2.28. The second-order valence-electron chi connectivity index (χ2n) is 4.57. The average molecular weight is 271 g/mol. The number of carbonyl (C=O) groups excluding carboxylic acids is 1. The van der Waals surface area contributed by atoms with E-state index in [1.165, 1.54) is 0 Å². The number of hydrogen-bond acceptors (Lipinski definition) is 3. The van der Waals surface area contributed by atoms with Crippen LogP contribution in [0.4, 0.5) is 5.69 Å². The molecule has 1 aromatic rings. The summed E-state index contributed by atoms with van der Waals surface area (Å²) in [6.07, 6.45) is 0. The van der Waals surface area contributed by atoms with Crippen LogP contribution < -0.4 is 5.73 Å². The second-order valence-corrected chi connectivity index (χ2v) is 4.57. The maximum atomic E-state index is 12.4. The Morgan fingerprint density at radius 2 is 1.94 bits per heavy atom. The van der Waals surface area contributed by atoms with E-state index in [2.05, 4.69) is 0 Å². The Kier molecular flexibility index (Phi) is 4.99. The Bertz CT molecular complexity index is 415. The van der Waals surface area contributed by atoms with Crippen LogP contribution in [0.1, 0.15) is 24.2 Å². The monoisotopic (exact) mass is 270 g/mol. The summed E-state index contributed by atoms with van der Waals surface area (Å²) in [6, 6.07) is 7.31. The number of rotatable bonds is 1. The minimum atomic E-state index is 0. The van der Waals surface area contributed by atoms with Gasteiger partial charge < -0.3 is 15.4 Å². The van der Waals surface area contributed by atoms with Gasteiger partial charge in [0.15, 0.2) is 0 Å². The van der Waals surface area contributed by atoms with E-state index in [-0.39, 0.29) is 30.4 Å². The largest absolute Gasteiger partial charge is 0.399 e. The molecule has 1 fully saturated rings. The first-order valence-electron chi connectivity index (χ1n) is 5.85. The summed E-state index contributed by atoms with van der Waals surface area (Å²) in [5.41, 5.74) is 6.96. The van der Waals surface area contributed by atoms with Gasteiger partial charge in [-0.25, -0.2) is 0 Å². The van der Waals surface area contributed by atoms with Gasteiger partial charge in [0.05, 0.1) is 25.3 Å². The van der Waals surface area contributed by atoms with E-state index in [0.717, 1.165) is 0 Å². The SMILES string of the molecule is CC1COCC(C)N1C(=O)c1cccc(N)c1.Cl. The third-order valence-corrected chi connectivity index (χ3v) is 3.04. The molecule has 0 radical (unpaired) electrons. The van der Waals surface area contributed by atoms with Crippen molar-refractivity contribution < 1.29 is 9.53 Å². The van der Waals surface area contributed by atoms with Crippen molar-refractivity contribution in [2.24, 2.45) is 0 Å². The van der Waals surface area contributed by atoms with E-state index >= 15 is 0 Å². The van der Waals surface area contributed by atoms with Crippen molar-refractivity contribution in [2.75, 3.05) is 18.9 Å². The molecular weight excluding hydrogens is 252 g/mol. The number of halogens is 1. The lowest BCUT2D eigenvalue weighted by molar-refractivity contribution is -0.0249. The number of nitrogens with zero attached hydrogens (tertiary/aromatic N) is 1. The fourth-order valence-electron chi connectivity index (χ4n) is 2.23. The molecule has 1 saturated heterocycles. The molecule has 5 heteroatoms. The molecular formula is C13H19ClN2O2. The molecule has 0 spiro atoms. The van der Waals surface area contributed by atoms with Gasteiger partial charge in [0.2, 0.25) is 0 Å². The molecule has 0 bridgehead atoms. The van der Waals surface area contributed by atoms with Gasteiger partial charge in [-0.3, -0.25) is 4.79 Å². The van der Waals surface area contributed by atoms with Crippen molar-refractivity contribution in [3.8, 4) is 0 Å². The quantitative estimate of drug-likeness (QED) is 0.794. The number of amides is 1. The Hall–Kier alpha value is -1.26. The summed E-state index contributed by atoms with van der Waals surface area (Å²) in [4.78, 5) is 14.3. The summed E-state index contributed by atoms with van der Waals surface area (Å²) >= 11 is 0. The molecule has 1 aliphatic rings. The van der Waals surface area contributed by atoms with Crippen molar-refractivity contribution in [3.05, 3.63) is 29.8 Å². The van der Waals surface area contributed by atoms with Crippen molar-refractivity contribution in [1.82, 2.24) is 4.90 Å². The molecule has 0 aromatic heterocycles. The van der Waals surface area contributed by atoms with Gasteiger partial charge in [0.25, 0.3) is 5.91 Å². The number of nitrogen functional groups attached to an aromatic ring is 1. The van der Waals surface area contributed by atoms with Crippen LogP contribution in [0.15, 0.2) is 24.3 Å². The van der Waals surface area contributed by atoms with Gasteiger partial charge in [0.1, 0.15) is 0 Å². The van der Waals surface area contributed by atoms with Gasteiger partial charge in [-0.1, -0.05) is 6.07 Å². The van der Waals surface area contributed by atoms with Crippen molar-refractivity contribution in [1.29, 1.82) is 0 Å². The first kappa shape index (κ1) is 14.8. The van der Waals surface area contributed by atoms with Gasteiger partial charge in [-0.05, 0) is 32.0 Å². The number of carbonyl (C=O) groups is 1. The number of nitrogens with two attached hydrogens (primary N) is 1. The minimum absolute atomic E-state index is 0. The van der Waals surface area contributed by atoms with Gasteiger partial charge >= 0.3 is 0 Å². The molecule has 100 valence electrons. The second kappa shape index (κ2) is 6.07. The predicted molar refractivity (Wildman–Crippen MR) is 74.0 cm³/mol. The molecule has 2 atom stereocenters. The molecule has 2 unspecified atom stereocenters. The van der Waals surface area contributed by atoms with Crippen LogP contribution in [0.25, 0.3) is 0 Å². The highest BCUT2D eigenvalue weighted by molar-refractivity contribution is 5.95. The van der Waals surface area contributed by atoms with Gasteiger partial charge in [-0.2, -0.15) is 0 Å². The number of ether oxygens (including phenoxy) is 1. The summed E-state index contributed by atoms with van der Waals surface area (Å²) in [5, 5.41) is 0. The lowest BCUT2D eigenvalue weighted by Crippen LogP contribution is -2.52. The molecule has 1 aromatic carbocycles. The molecule has 1 aliphatic heterocycles. The van der Waals surface area contributed by atoms with E-state index in [4.69, 9.17) is 10.5 Å². The summed E-state index contributed by atoms with van der Waals surface area (Å²) in [7, 11) is 0. The van der Waals surface area contributed by atoms with Gasteiger partial charge in [0, 0.05) is 11.3 Å². The third kappa shape index (κ3) is 2.94. The number of hydrogen-bond donors (Lipinski definition) is 1. The molecule has 1 heterocycles. The van der Waals surface area contributed by atoms with Crippen LogP contribution in [0.3, 0.4) is 0 Å². The van der Waals surface area contributed by atoms with Crippen LogP contribution in [0.2, 0.25) is 0 Å². The Morgan fingerprint density at radius 3 is 2.50 bits per heavy atom. The molecule has 0 aliphatic carbocycles. The maximum Gasteiger partial charge on any atom is 0.254 e. The lowest BCUT2D eigenvalue weighted by atomic mass is 10.1. The molecule has 2 N–H and O–H groups in total. The van der Waals surface area contributed by atoms with E-state index in [1.54, 1.807) is 24.3 Å². The molecule has 18 heavy (non-hydrogen) atoms. The summed E-state index contributed by atoms with van der Waals surface area (Å²) < 4.78 is 5.42. The standard InChI is InChI=1S/C13H18N2O2.ClH/c1-9-7-17-8-10(2)15(9)13(16)11-4-3-5-12(14)6-11;/h3-6,9-10H,7-8,14H2,1-2H3;1H. The van der Waals surface area contributed by atoms with Crippen LogP contribution in [0.5, 0.6) is 0 Å². The zero-order chi connectivity index (χ0) is 12.4. The highest BCUT2D eigenvalue weighted by Crippen LogP contribution is 2.18. The van der Waals surface area contributed by atoms with Crippen molar-refractivity contribution in [3.63, 3.8) is 0 Å². The van der Waals surface area contributed by atoms with Crippen molar-refractivity contribution in [2.45, 2.75) is 25.9 Å². The normalized spacial score (nSPS) is 23.3. The van der Waals surface area contributed by atoms with E-state index in [0.29, 0.717) is 24.5 Å². The van der Waals surface area contributed by atoms with E-state index in [9.17, 15) is 4.79 Å². The highest BCUT2D eigenvalue weighted by Gasteiger charge is 2.30. The van der Waals surface area contributed by atoms with Crippen LogP contribution in [-0.2, 0) is 4.74 Å². The zero-order valence-electron chi connectivity index (χ0n) is 10.6. The molecule has 2 rings (SSSR count). The van der Waals surface area contributed by atoms with Crippen LogP contribution >= 0.6 is 12.4 Å². The Morgan fingerprint density at radius 1 is 1.33 bits per heavy atom. The van der Waals surface area contributed by atoms with E-state index in [1.807, 2.05) is 18.7 Å². The molecule has 4 nitrogen and oxygen atoms in total. The Labute approximate surface area is 114 Å². The van der Waals surface area contributed by atoms with Crippen LogP contribution in [0, 0.1) is 0 Å². The van der Waals surface area contributed by atoms with Gasteiger partial charge in [-0.15, -0.1) is 12.4 Å². The number of morpholine rings is 1. The lowest BCUT2D eigenvalue weighted by Gasteiger charge is -2.38. The fourth-order valence-corrected chi connectivity index (χ4v) is 2.23. The first-order valence-corrected chi connectivity index (χ1v) is 5.85. The Balaban J connectivity index is 0.00000162. The van der Waals surface area contributed by atoms with Crippen molar-refractivity contribution >= 4 is 24.0 Å². The first-order chi connectivity index (χ1) is 8.09. The topological polar surface area (TPSA) is 55.6 Å². The fraction of sp³-hybridized carbons (Fsp3) is 0.462. The number of benzene rings is 1. The molecule has 1 amide bonds. The maximum absolute atomic E-state index is 12.4. The highest BCUT2D eigenvalue weighted by atomic mass is 35.5. The number of anilines is 1. The zero-order valence-corrected chi connectivity index (χ0v) is 11.4. The minimum Gasteiger partial charge on any atom is -0.399 e. The molecule has 0 saturated carbocycles. The van der Waals surface area contributed by atoms with E-state index < -0.39 is 0 Å². The summed E-state index contributed by atoms with van der Waals surface area (Å²) in [5.74, 6) is 0.0283. The third-order valence-electron chi connectivity index (χ3n) is 3.04. The smallest absolute Gasteiger partial charge is 0.254 e. The summed E-state index contributed by atoms with van der Waals surface area (Å²) in [6.45, 7) is 5.19. The predicted octanol–water partition coefficient (Wildman–Crippen LogP) is 1.94. The van der Waals surface area contributed by atoms with Crippen LogP contribution in [-0.4, -0.2) is 36.1 Å².